The maximum absolute atomic E-state index is 12.4. The monoisotopic (exact) mass is 550 g/mol. The normalized spacial score (nSPS) is 18.9. The average molecular weight is 551 g/mol. The topological polar surface area (TPSA) is 118 Å². The van der Waals surface area contributed by atoms with E-state index in [2.05, 4.69) is 10.3 Å². The van der Waals surface area contributed by atoms with Crippen LogP contribution in [0.2, 0.25) is 0 Å². The molecule has 0 bridgehead atoms. The number of unbranched alkanes of at least 4 members (excludes halogenated alkanes) is 2. The number of amides is 1. The predicted molar refractivity (Wildman–Crippen MR) is 149 cm³/mol. The molecule has 1 amide bonds. The number of carboxylic acids is 1. The molecule has 0 saturated carbocycles. The van der Waals surface area contributed by atoms with Gasteiger partial charge in [0.15, 0.2) is 6.29 Å². The summed E-state index contributed by atoms with van der Waals surface area (Å²) in [5, 5.41) is 22.0. The highest BCUT2D eigenvalue weighted by Crippen LogP contribution is 2.39. The molecule has 4 rings (SSSR count). The highest BCUT2D eigenvalue weighted by atomic mass is 32.2. The molecule has 0 unspecified atom stereocenters. The minimum Gasteiger partial charge on any atom is -0.481 e. The van der Waals surface area contributed by atoms with Gasteiger partial charge in [-0.25, -0.2) is 4.98 Å². The van der Waals surface area contributed by atoms with E-state index in [4.69, 9.17) is 14.6 Å². The lowest BCUT2D eigenvalue weighted by molar-refractivity contribution is -0.245. The lowest BCUT2D eigenvalue weighted by Gasteiger charge is -2.36. The molecule has 0 radical (unpaired) electrons. The van der Waals surface area contributed by atoms with Crippen LogP contribution >= 0.6 is 11.8 Å². The van der Waals surface area contributed by atoms with Gasteiger partial charge in [-0.2, -0.15) is 0 Å². The standard InChI is InChI=1S/C30H34N2O6S/c33-19-21-12-14-22(15-13-21)26-18-25(20-39-28-10-4-5-16-31-28)37-30(38-26)23-7-6-8-24(17-23)32-27(34)9-2-1-3-11-29(35)36/h4-8,10,12-17,25-26,30,33H,1-3,9,11,18-20H2,(H,32,34)(H,35,36)/t25-,26+,30+/m1/s1. The molecule has 206 valence electrons. The van der Waals surface area contributed by atoms with E-state index in [1.54, 1.807) is 18.0 Å². The molecule has 0 spiro atoms. The van der Waals surface area contributed by atoms with Gasteiger partial charge < -0.3 is 25.0 Å². The van der Waals surface area contributed by atoms with E-state index in [0.717, 1.165) is 21.7 Å². The summed E-state index contributed by atoms with van der Waals surface area (Å²) in [5.74, 6) is -0.217. The van der Waals surface area contributed by atoms with E-state index in [-0.39, 0.29) is 31.1 Å². The number of ether oxygens (including phenoxy) is 2. The first-order chi connectivity index (χ1) is 19.0. The highest BCUT2D eigenvalue weighted by molar-refractivity contribution is 7.99. The van der Waals surface area contributed by atoms with Crippen LogP contribution in [-0.2, 0) is 25.7 Å². The molecule has 2 aromatic carbocycles. The predicted octanol–water partition coefficient (Wildman–Crippen LogP) is 5.89. The van der Waals surface area contributed by atoms with Crippen LogP contribution in [-0.4, -0.2) is 38.9 Å². The number of rotatable bonds is 13. The minimum atomic E-state index is -0.814. The van der Waals surface area contributed by atoms with Crippen LogP contribution in [0.25, 0.3) is 0 Å². The smallest absolute Gasteiger partial charge is 0.303 e. The van der Waals surface area contributed by atoms with Crippen LogP contribution in [0.15, 0.2) is 78.0 Å². The van der Waals surface area contributed by atoms with Crippen LogP contribution in [0.3, 0.4) is 0 Å². The number of aliphatic hydroxyl groups excluding tert-OH is 1. The van der Waals surface area contributed by atoms with Crippen molar-refractivity contribution in [2.24, 2.45) is 0 Å². The van der Waals surface area contributed by atoms with Crippen LogP contribution < -0.4 is 5.32 Å². The number of hydrogen-bond donors (Lipinski definition) is 3. The van der Waals surface area contributed by atoms with Crippen molar-refractivity contribution < 1.29 is 29.3 Å². The molecule has 1 aromatic heterocycles. The first-order valence-electron chi connectivity index (χ1n) is 13.2. The van der Waals surface area contributed by atoms with Gasteiger partial charge in [0.1, 0.15) is 0 Å². The van der Waals surface area contributed by atoms with Crippen molar-refractivity contribution in [3.8, 4) is 0 Å². The highest BCUT2D eigenvalue weighted by Gasteiger charge is 2.32. The third-order valence-corrected chi connectivity index (χ3v) is 7.48. The number of benzene rings is 2. The minimum absolute atomic E-state index is 0.0122. The van der Waals surface area contributed by atoms with Crippen molar-refractivity contribution in [2.45, 2.75) is 68.7 Å². The Hall–Kier alpha value is -3.24. The van der Waals surface area contributed by atoms with Gasteiger partial charge in [-0.15, -0.1) is 11.8 Å². The summed E-state index contributed by atoms with van der Waals surface area (Å²) in [6.45, 7) is -0.0122. The largest absolute Gasteiger partial charge is 0.481 e. The molecule has 3 N–H and O–H groups in total. The summed E-state index contributed by atoms with van der Waals surface area (Å²) in [4.78, 5) is 27.5. The van der Waals surface area contributed by atoms with Crippen LogP contribution in [0.4, 0.5) is 5.69 Å². The second-order valence-corrected chi connectivity index (χ2v) is 10.5. The summed E-state index contributed by atoms with van der Waals surface area (Å²) in [6.07, 6.45) is 3.89. The third-order valence-electron chi connectivity index (χ3n) is 6.41. The van der Waals surface area contributed by atoms with Crippen molar-refractivity contribution in [2.75, 3.05) is 11.1 Å². The Bertz CT molecular complexity index is 1210. The molecule has 0 aliphatic carbocycles. The van der Waals surface area contributed by atoms with Gasteiger partial charge in [0, 0.05) is 42.5 Å². The molecule has 1 saturated heterocycles. The van der Waals surface area contributed by atoms with E-state index in [1.807, 2.05) is 66.7 Å². The summed E-state index contributed by atoms with van der Waals surface area (Å²) in [7, 11) is 0. The van der Waals surface area contributed by atoms with Gasteiger partial charge in [-0.05, 0) is 48.2 Å². The Labute approximate surface area is 232 Å². The fourth-order valence-electron chi connectivity index (χ4n) is 4.36. The Balaban J connectivity index is 1.42. The quantitative estimate of drug-likeness (QED) is 0.178. The molecule has 3 atom stereocenters. The van der Waals surface area contributed by atoms with Gasteiger partial charge in [-0.1, -0.05) is 48.9 Å². The van der Waals surface area contributed by atoms with Crippen molar-refractivity contribution in [1.82, 2.24) is 4.98 Å². The summed E-state index contributed by atoms with van der Waals surface area (Å²) < 4.78 is 12.8. The van der Waals surface area contributed by atoms with Gasteiger partial charge in [0.05, 0.1) is 23.8 Å². The maximum Gasteiger partial charge on any atom is 0.303 e. The molecule has 1 aliphatic rings. The number of carboxylic acid groups (broad SMARTS) is 1. The van der Waals surface area contributed by atoms with Crippen LogP contribution in [0.5, 0.6) is 0 Å². The van der Waals surface area contributed by atoms with Crippen LogP contribution in [0.1, 0.15) is 67.6 Å². The van der Waals surface area contributed by atoms with Gasteiger partial charge >= 0.3 is 5.97 Å². The van der Waals surface area contributed by atoms with E-state index in [9.17, 15) is 14.7 Å². The molecule has 1 aliphatic heterocycles. The van der Waals surface area contributed by atoms with E-state index in [0.29, 0.717) is 43.5 Å². The van der Waals surface area contributed by atoms with Crippen molar-refractivity contribution in [3.05, 3.63) is 89.6 Å². The van der Waals surface area contributed by atoms with Crippen molar-refractivity contribution in [1.29, 1.82) is 0 Å². The maximum atomic E-state index is 12.4. The molecule has 1 fully saturated rings. The molecule has 9 heteroatoms. The number of thioether (sulfide) groups is 1. The Kier molecular flexibility index (Phi) is 10.9. The summed E-state index contributed by atoms with van der Waals surface area (Å²) >= 11 is 1.64. The number of nitrogens with zero attached hydrogens (tertiary/aromatic N) is 1. The fourth-order valence-corrected chi connectivity index (χ4v) is 5.24. The zero-order valence-corrected chi connectivity index (χ0v) is 22.5. The molecule has 8 nitrogen and oxygen atoms in total. The number of aliphatic carboxylic acids is 1. The zero-order valence-electron chi connectivity index (χ0n) is 21.7. The summed E-state index contributed by atoms with van der Waals surface area (Å²) in [5.41, 5.74) is 3.32. The Morgan fingerprint density at radius 3 is 2.51 bits per heavy atom. The number of carbonyl (C=O) groups is 2. The molecular weight excluding hydrogens is 516 g/mol. The Morgan fingerprint density at radius 1 is 0.949 bits per heavy atom. The lowest BCUT2D eigenvalue weighted by Crippen LogP contribution is -2.31. The van der Waals surface area contributed by atoms with E-state index >= 15 is 0 Å². The van der Waals surface area contributed by atoms with E-state index < -0.39 is 12.3 Å². The lowest BCUT2D eigenvalue weighted by atomic mass is 10.0. The van der Waals surface area contributed by atoms with Crippen molar-refractivity contribution in [3.63, 3.8) is 0 Å². The molecule has 3 aromatic rings. The number of aromatic nitrogens is 1. The van der Waals surface area contributed by atoms with Gasteiger partial charge in [-0.3, -0.25) is 9.59 Å². The summed E-state index contributed by atoms with van der Waals surface area (Å²) in [6, 6.07) is 21.1. The van der Waals surface area contributed by atoms with Gasteiger partial charge in [0.25, 0.3) is 0 Å². The van der Waals surface area contributed by atoms with E-state index in [1.165, 1.54) is 0 Å². The average Bonchev–Trinajstić information content (AvgIpc) is 2.96. The Morgan fingerprint density at radius 2 is 1.77 bits per heavy atom. The number of pyridine rings is 1. The second kappa shape index (κ2) is 14.8. The molecule has 2 heterocycles. The second-order valence-electron chi connectivity index (χ2n) is 9.46. The number of aliphatic hydroxyl groups is 1. The first kappa shape index (κ1) is 28.8. The molecular formula is C30H34N2O6S. The molecule has 39 heavy (non-hydrogen) atoms. The third kappa shape index (κ3) is 9.18. The van der Waals surface area contributed by atoms with Crippen molar-refractivity contribution >= 4 is 29.3 Å². The number of nitrogens with one attached hydrogen (secondary N) is 1. The number of anilines is 1. The van der Waals surface area contributed by atoms with Crippen LogP contribution in [0, 0.1) is 0 Å². The number of carbonyl (C=O) groups excluding carboxylic acids is 1. The SMILES string of the molecule is O=C(O)CCCCCC(=O)Nc1cccc([C@H]2O[C@@H](CSc3ccccn3)C[C@@H](c3ccc(CO)cc3)O2)c1. The zero-order chi connectivity index (χ0) is 27.5. The fraction of sp³-hybridized carbons (Fsp3) is 0.367. The number of hydrogen-bond acceptors (Lipinski definition) is 7. The first-order valence-corrected chi connectivity index (χ1v) is 14.1. The van der Waals surface area contributed by atoms with Gasteiger partial charge in [0.2, 0.25) is 5.91 Å².